The van der Waals surface area contributed by atoms with E-state index in [-0.39, 0.29) is 28.4 Å². The van der Waals surface area contributed by atoms with Crippen molar-refractivity contribution in [1.82, 2.24) is 29.4 Å². The van der Waals surface area contributed by atoms with Gasteiger partial charge in [-0.05, 0) is 96.9 Å². The van der Waals surface area contributed by atoms with Crippen molar-refractivity contribution < 1.29 is 13.7 Å². The Bertz CT molecular complexity index is 2190. The number of aromatic nitrogens is 4. The van der Waals surface area contributed by atoms with Crippen LogP contribution in [0.2, 0.25) is 0 Å². The summed E-state index contributed by atoms with van der Waals surface area (Å²) < 4.78 is 31.8. The second kappa shape index (κ2) is 14.7. The molecule has 0 atom stereocenters. The van der Waals surface area contributed by atoms with Crippen molar-refractivity contribution in [1.29, 1.82) is 0 Å². The molecule has 0 unspecified atom stereocenters. The minimum absolute atomic E-state index is 0.0214. The fraction of sp³-hybridized carbons (Fsp3) is 0.143. The van der Waals surface area contributed by atoms with Crippen LogP contribution in [-0.4, -0.2) is 47.4 Å². The highest BCUT2D eigenvalue weighted by Crippen LogP contribution is 2.36. The topological polar surface area (TPSA) is 85.3 Å². The first-order valence-electron chi connectivity index (χ1n) is 17.4. The predicted octanol–water partition coefficient (Wildman–Crippen LogP) is 8.99. The SMILES string of the molecule is O=[N+]([O-])c1ccc(C2N(Cc3cn(-c4ccccc4)nc3-c3ccc(F)cc3)CCCN2Cc2cn(-c3ccccc3)nc2-c2ccc(F)cc2)cc1. The van der Waals surface area contributed by atoms with Crippen molar-refractivity contribution in [2.45, 2.75) is 25.7 Å². The van der Waals surface area contributed by atoms with Crippen LogP contribution in [-0.2, 0) is 13.1 Å². The second-order valence-electron chi connectivity index (χ2n) is 13.1. The van der Waals surface area contributed by atoms with E-state index in [1.165, 1.54) is 24.3 Å². The lowest BCUT2D eigenvalue weighted by Crippen LogP contribution is -2.46. The quantitative estimate of drug-likeness (QED) is 0.104. The molecule has 11 heteroatoms. The van der Waals surface area contributed by atoms with Crippen molar-refractivity contribution in [3.8, 4) is 33.9 Å². The zero-order chi connectivity index (χ0) is 36.3. The van der Waals surface area contributed by atoms with Gasteiger partial charge in [-0.15, -0.1) is 0 Å². The molecule has 7 aromatic rings. The molecule has 1 aliphatic rings. The van der Waals surface area contributed by atoms with Crippen LogP contribution in [0.25, 0.3) is 33.9 Å². The minimum Gasteiger partial charge on any atom is -0.280 e. The van der Waals surface area contributed by atoms with Crippen LogP contribution in [0, 0.1) is 21.7 Å². The highest BCUT2D eigenvalue weighted by molar-refractivity contribution is 5.64. The average molecular weight is 708 g/mol. The van der Waals surface area contributed by atoms with Crippen LogP contribution in [0.1, 0.15) is 29.3 Å². The molecule has 1 aliphatic heterocycles. The Labute approximate surface area is 305 Å². The molecule has 0 spiro atoms. The molecule has 2 aromatic heterocycles. The third-order valence-electron chi connectivity index (χ3n) is 9.59. The van der Waals surface area contributed by atoms with E-state index in [1.807, 2.05) is 94.6 Å². The highest BCUT2D eigenvalue weighted by atomic mass is 19.1. The second-order valence-corrected chi connectivity index (χ2v) is 13.1. The van der Waals surface area contributed by atoms with E-state index >= 15 is 0 Å². The van der Waals surface area contributed by atoms with Crippen LogP contribution in [0.5, 0.6) is 0 Å². The Balaban J connectivity index is 1.20. The number of rotatable bonds is 10. The summed E-state index contributed by atoms with van der Waals surface area (Å²) in [7, 11) is 0. The normalized spacial score (nSPS) is 14.1. The van der Waals surface area contributed by atoms with Gasteiger partial charge >= 0.3 is 0 Å². The van der Waals surface area contributed by atoms with E-state index in [0.717, 1.165) is 70.1 Å². The molecule has 8 rings (SSSR count). The molecule has 0 aliphatic carbocycles. The molecule has 0 saturated carbocycles. The summed E-state index contributed by atoms with van der Waals surface area (Å²) in [5.41, 5.74) is 7.74. The fourth-order valence-corrected chi connectivity index (χ4v) is 7.09. The Kier molecular flexibility index (Phi) is 9.41. The first-order chi connectivity index (χ1) is 25.9. The number of hydrogen-bond donors (Lipinski definition) is 0. The molecule has 53 heavy (non-hydrogen) atoms. The maximum Gasteiger partial charge on any atom is 0.269 e. The van der Waals surface area contributed by atoms with Gasteiger partial charge < -0.3 is 0 Å². The van der Waals surface area contributed by atoms with E-state index in [0.29, 0.717) is 13.1 Å². The molecule has 5 aromatic carbocycles. The monoisotopic (exact) mass is 707 g/mol. The maximum absolute atomic E-state index is 14.0. The third kappa shape index (κ3) is 7.25. The van der Waals surface area contributed by atoms with Gasteiger partial charge in [-0.3, -0.25) is 19.9 Å². The van der Waals surface area contributed by atoms with Gasteiger partial charge in [0.05, 0.1) is 33.9 Å². The Morgan fingerprint density at radius 1 is 0.604 bits per heavy atom. The number of benzene rings is 5. The fourth-order valence-electron chi connectivity index (χ4n) is 7.09. The number of nitro groups is 1. The van der Waals surface area contributed by atoms with Crippen LogP contribution in [0.15, 0.2) is 146 Å². The zero-order valence-electron chi connectivity index (χ0n) is 28.7. The molecule has 9 nitrogen and oxygen atoms in total. The lowest BCUT2D eigenvalue weighted by Gasteiger charge is -2.44. The van der Waals surface area contributed by atoms with Gasteiger partial charge in [0.1, 0.15) is 11.6 Å². The standard InChI is InChI=1S/C42H35F2N7O2/c43-35-18-12-30(13-19-35)40-33(28-49(45-40)37-8-3-1-4-9-37)26-47-24-7-25-48(42(47)32-16-22-39(23-17-32)51(52)53)27-34-29-50(38-10-5-2-6-11-38)46-41(34)31-14-20-36(44)21-15-31/h1-6,8-23,28-29,42H,7,24-27H2. The summed E-state index contributed by atoms with van der Waals surface area (Å²) in [5.74, 6) is -0.642. The minimum atomic E-state index is -0.389. The van der Waals surface area contributed by atoms with Crippen LogP contribution >= 0.6 is 0 Å². The number of nitrogens with zero attached hydrogens (tertiary/aromatic N) is 7. The molecule has 1 fully saturated rings. The van der Waals surface area contributed by atoms with Gasteiger partial charge in [0.25, 0.3) is 5.69 Å². The third-order valence-corrected chi connectivity index (χ3v) is 9.59. The van der Waals surface area contributed by atoms with Gasteiger partial charge in [0.15, 0.2) is 0 Å². The average Bonchev–Trinajstić information content (AvgIpc) is 3.81. The van der Waals surface area contributed by atoms with Crippen LogP contribution in [0.3, 0.4) is 0 Å². The van der Waals surface area contributed by atoms with Crippen LogP contribution in [0.4, 0.5) is 14.5 Å². The number of para-hydroxylation sites is 2. The molecular formula is C42H35F2N7O2. The van der Waals surface area contributed by atoms with E-state index < -0.39 is 0 Å². The first-order valence-corrected chi connectivity index (χ1v) is 17.4. The zero-order valence-corrected chi connectivity index (χ0v) is 28.7. The Hall–Kier alpha value is -6.30. The molecule has 0 bridgehead atoms. The summed E-state index contributed by atoms with van der Waals surface area (Å²) in [4.78, 5) is 16.0. The first kappa shape index (κ1) is 33.8. The van der Waals surface area contributed by atoms with E-state index in [2.05, 4.69) is 9.80 Å². The van der Waals surface area contributed by atoms with Crippen molar-refractivity contribution in [2.75, 3.05) is 13.1 Å². The van der Waals surface area contributed by atoms with E-state index in [4.69, 9.17) is 10.2 Å². The number of nitro benzene ring substituents is 1. The Morgan fingerprint density at radius 2 is 1.04 bits per heavy atom. The number of hydrogen-bond acceptors (Lipinski definition) is 6. The summed E-state index contributed by atoms with van der Waals surface area (Å²) in [6, 6.07) is 39.2. The van der Waals surface area contributed by atoms with E-state index in [9.17, 15) is 18.9 Å². The summed E-state index contributed by atoms with van der Waals surface area (Å²) in [6.07, 6.45) is 4.64. The van der Waals surface area contributed by atoms with Gasteiger partial charge in [0.2, 0.25) is 0 Å². The van der Waals surface area contributed by atoms with E-state index in [1.54, 1.807) is 36.4 Å². The molecule has 264 valence electrons. The van der Waals surface area contributed by atoms with Crippen molar-refractivity contribution in [2.24, 2.45) is 0 Å². The van der Waals surface area contributed by atoms with Crippen LogP contribution < -0.4 is 0 Å². The summed E-state index contributed by atoms with van der Waals surface area (Å²) in [6.45, 7) is 2.52. The number of non-ortho nitro benzene ring substituents is 1. The van der Waals surface area contributed by atoms with Gasteiger partial charge in [-0.1, -0.05) is 36.4 Å². The van der Waals surface area contributed by atoms with Gasteiger partial charge in [-0.25, -0.2) is 18.1 Å². The van der Waals surface area contributed by atoms with Gasteiger partial charge in [0, 0.05) is 73.0 Å². The highest BCUT2D eigenvalue weighted by Gasteiger charge is 2.33. The molecule has 3 heterocycles. The molecular weight excluding hydrogens is 673 g/mol. The summed E-state index contributed by atoms with van der Waals surface area (Å²) in [5, 5.41) is 21.6. The smallest absolute Gasteiger partial charge is 0.269 e. The largest absolute Gasteiger partial charge is 0.280 e. The lowest BCUT2D eigenvalue weighted by molar-refractivity contribution is -0.384. The molecule has 0 amide bonds. The van der Waals surface area contributed by atoms with Crippen molar-refractivity contribution in [3.05, 3.63) is 184 Å². The number of halogens is 2. The van der Waals surface area contributed by atoms with Crippen molar-refractivity contribution in [3.63, 3.8) is 0 Å². The Morgan fingerprint density at radius 3 is 1.45 bits per heavy atom. The predicted molar refractivity (Wildman–Crippen MR) is 199 cm³/mol. The van der Waals surface area contributed by atoms with Gasteiger partial charge in [-0.2, -0.15) is 10.2 Å². The summed E-state index contributed by atoms with van der Waals surface area (Å²) >= 11 is 0. The molecule has 1 saturated heterocycles. The molecule has 0 N–H and O–H groups in total. The maximum atomic E-state index is 14.0. The van der Waals surface area contributed by atoms with Crippen molar-refractivity contribution >= 4 is 5.69 Å². The molecule has 0 radical (unpaired) electrons. The lowest BCUT2D eigenvalue weighted by atomic mass is 10.0.